The average Bonchev–Trinajstić information content (AvgIpc) is 2.28. The van der Waals surface area contributed by atoms with Crippen LogP contribution >= 0.6 is 0 Å². The maximum atomic E-state index is 11.4. The molecule has 0 aliphatic carbocycles. The van der Waals surface area contributed by atoms with E-state index in [2.05, 4.69) is 4.98 Å². The number of hydrogen-bond acceptors (Lipinski definition) is 6. The molecule has 98 valence electrons. The molecule has 0 aromatic carbocycles. The minimum Gasteiger partial charge on any atom is -0.506 e. The fourth-order valence-corrected chi connectivity index (χ4v) is 0.920. The number of carbonyl (C=O) groups excluding carboxylic acids is 2. The minimum atomic E-state index is -0.731. The monoisotopic (exact) mass is 253 g/mol. The van der Waals surface area contributed by atoms with Crippen molar-refractivity contribution in [1.29, 1.82) is 0 Å². The standard InChI is InChI=1S/C12H15NO5/c1-12(2,3)11(16)17-7-10(15)18-9-5-4-8(14)6-13-9/h4-6,14H,7H2,1-3H3. The van der Waals surface area contributed by atoms with Crippen molar-refractivity contribution >= 4 is 11.9 Å². The summed E-state index contributed by atoms with van der Waals surface area (Å²) in [5.41, 5.74) is -0.670. The van der Waals surface area contributed by atoms with Crippen LogP contribution in [0.15, 0.2) is 18.3 Å². The van der Waals surface area contributed by atoms with Gasteiger partial charge in [0.1, 0.15) is 5.75 Å². The van der Waals surface area contributed by atoms with Gasteiger partial charge in [-0.2, -0.15) is 0 Å². The minimum absolute atomic E-state index is 0.0320. The van der Waals surface area contributed by atoms with Crippen LogP contribution in [0.3, 0.4) is 0 Å². The Morgan fingerprint density at radius 3 is 2.50 bits per heavy atom. The van der Waals surface area contributed by atoms with Gasteiger partial charge in [0.15, 0.2) is 6.61 Å². The molecule has 1 aromatic heterocycles. The predicted molar refractivity (Wildman–Crippen MR) is 62.0 cm³/mol. The van der Waals surface area contributed by atoms with Crippen LogP contribution in [0.1, 0.15) is 20.8 Å². The topological polar surface area (TPSA) is 85.7 Å². The zero-order valence-corrected chi connectivity index (χ0v) is 10.5. The van der Waals surface area contributed by atoms with Crippen LogP contribution in [0.5, 0.6) is 11.6 Å². The van der Waals surface area contributed by atoms with Crippen LogP contribution in [0.2, 0.25) is 0 Å². The average molecular weight is 253 g/mol. The number of carbonyl (C=O) groups is 2. The first-order valence-electron chi connectivity index (χ1n) is 5.32. The highest BCUT2D eigenvalue weighted by Crippen LogP contribution is 2.15. The van der Waals surface area contributed by atoms with Crippen molar-refractivity contribution in [3.63, 3.8) is 0 Å². The molecule has 6 nitrogen and oxygen atoms in total. The van der Waals surface area contributed by atoms with Crippen molar-refractivity contribution in [1.82, 2.24) is 4.98 Å². The van der Waals surface area contributed by atoms with Crippen LogP contribution < -0.4 is 4.74 Å². The summed E-state index contributed by atoms with van der Waals surface area (Å²) in [4.78, 5) is 26.4. The lowest BCUT2D eigenvalue weighted by molar-refractivity contribution is -0.160. The Morgan fingerprint density at radius 2 is 2.00 bits per heavy atom. The Labute approximate surface area is 105 Å². The van der Waals surface area contributed by atoms with E-state index in [4.69, 9.17) is 14.6 Å². The number of rotatable bonds is 3. The number of aromatic hydroxyl groups is 1. The first kappa shape index (κ1) is 14.0. The molecule has 0 aliphatic heterocycles. The SMILES string of the molecule is CC(C)(C)C(=O)OCC(=O)Oc1ccc(O)cn1. The van der Waals surface area contributed by atoms with Crippen molar-refractivity contribution in [2.75, 3.05) is 6.61 Å². The highest BCUT2D eigenvalue weighted by atomic mass is 16.6. The zero-order valence-electron chi connectivity index (χ0n) is 10.5. The smallest absolute Gasteiger partial charge is 0.350 e. The summed E-state index contributed by atoms with van der Waals surface area (Å²) >= 11 is 0. The van der Waals surface area contributed by atoms with Gasteiger partial charge in [-0.1, -0.05) is 0 Å². The van der Waals surface area contributed by atoms with E-state index in [1.807, 2.05) is 0 Å². The molecule has 1 aromatic rings. The van der Waals surface area contributed by atoms with E-state index in [9.17, 15) is 9.59 Å². The summed E-state index contributed by atoms with van der Waals surface area (Å²) in [5.74, 6) is -1.22. The van der Waals surface area contributed by atoms with Crippen LogP contribution in [0, 0.1) is 5.41 Å². The third kappa shape index (κ3) is 4.40. The van der Waals surface area contributed by atoms with E-state index in [1.54, 1.807) is 20.8 Å². The van der Waals surface area contributed by atoms with Gasteiger partial charge in [0.05, 0.1) is 11.6 Å². The maximum absolute atomic E-state index is 11.4. The van der Waals surface area contributed by atoms with E-state index >= 15 is 0 Å². The number of nitrogens with zero attached hydrogens (tertiary/aromatic N) is 1. The second kappa shape index (κ2) is 5.48. The molecule has 0 fully saturated rings. The molecule has 0 spiro atoms. The normalized spacial score (nSPS) is 10.8. The molecule has 0 amide bonds. The van der Waals surface area contributed by atoms with Gasteiger partial charge in [0.2, 0.25) is 5.88 Å². The molecule has 0 radical (unpaired) electrons. The Hall–Kier alpha value is -2.11. The van der Waals surface area contributed by atoms with Crippen molar-refractivity contribution in [2.24, 2.45) is 5.41 Å². The molecule has 1 N–H and O–H groups in total. The summed E-state index contributed by atoms with van der Waals surface area (Å²) in [7, 11) is 0. The van der Waals surface area contributed by atoms with Crippen molar-refractivity contribution < 1.29 is 24.2 Å². The van der Waals surface area contributed by atoms with Gasteiger partial charge < -0.3 is 14.6 Å². The molecule has 0 saturated heterocycles. The number of pyridine rings is 1. The molecular formula is C12H15NO5. The molecule has 0 saturated carbocycles. The van der Waals surface area contributed by atoms with Crippen LogP contribution in [0.4, 0.5) is 0 Å². The maximum Gasteiger partial charge on any atom is 0.350 e. The Bertz CT molecular complexity index is 433. The highest BCUT2D eigenvalue weighted by Gasteiger charge is 2.24. The number of ether oxygens (including phenoxy) is 2. The van der Waals surface area contributed by atoms with Crippen molar-refractivity contribution in [2.45, 2.75) is 20.8 Å². The molecular weight excluding hydrogens is 238 g/mol. The highest BCUT2D eigenvalue weighted by molar-refractivity contribution is 5.80. The molecule has 6 heteroatoms. The summed E-state index contributed by atoms with van der Waals surface area (Å²) in [6.07, 6.45) is 1.14. The number of esters is 2. The van der Waals surface area contributed by atoms with Crippen molar-refractivity contribution in [3.05, 3.63) is 18.3 Å². The largest absolute Gasteiger partial charge is 0.506 e. The number of aromatic nitrogens is 1. The second-order valence-electron chi connectivity index (χ2n) is 4.65. The third-order valence-corrected chi connectivity index (χ3v) is 1.87. The predicted octanol–water partition coefficient (Wildman–Crippen LogP) is 1.28. The molecule has 0 bridgehead atoms. The summed E-state index contributed by atoms with van der Waals surface area (Å²) < 4.78 is 9.57. The van der Waals surface area contributed by atoms with Crippen LogP contribution in [-0.2, 0) is 14.3 Å². The van der Waals surface area contributed by atoms with Crippen LogP contribution in [-0.4, -0.2) is 28.6 Å². The lowest BCUT2D eigenvalue weighted by Crippen LogP contribution is -2.27. The first-order chi connectivity index (χ1) is 8.29. The summed E-state index contributed by atoms with van der Waals surface area (Å²) in [6.45, 7) is 4.57. The van der Waals surface area contributed by atoms with Gasteiger partial charge in [0, 0.05) is 6.07 Å². The summed E-state index contributed by atoms with van der Waals surface area (Å²) in [6, 6.07) is 2.66. The lowest BCUT2D eigenvalue weighted by Gasteiger charge is -2.15. The Kier molecular flexibility index (Phi) is 4.25. The van der Waals surface area contributed by atoms with E-state index in [0.29, 0.717) is 0 Å². The number of hydrogen-bond donors (Lipinski definition) is 1. The van der Waals surface area contributed by atoms with Gasteiger partial charge in [-0.25, -0.2) is 9.78 Å². The van der Waals surface area contributed by atoms with Gasteiger partial charge in [-0.15, -0.1) is 0 Å². The molecule has 18 heavy (non-hydrogen) atoms. The fraction of sp³-hybridized carbons (Fsp3) is 0.417. The molecule has 1 rings (SSSR count). The third-order valence-electron chi connectivity index (χ3n) is 1.87. The Balaban J connectivity index is 2.43. The molecule has 0 aliphatic rings. The lowest BCUT2D eigenvalue weighted by atomic mass is 9.97. The quantitative estimate of drug-likeness (QED) is 0.817. The first-order valence-corrected chi connectivity index (χ1v) is 5.32. The van der Waals surface area contributed by atoms with Crippen LogP contribution in [0.25, 0.3) is 0 Å². The van der Waals surface area contributed by atoms with Gasteiger partial charge in [-0.3, -0.25) is 4.79 Å². The van der Waals surface area contributed by atoms with E-state index < -0.39 is 24.0 Å². The van der Waals surface area contributed by atoms with Gasteiger partial charge in [0.25, 0.3) is 0 Å². The van der Waals surface area contributed by atoms with E-state index in [1.165, 1.54) is 12.1 Å². The fourth-order valence-electron chi connectivity index (χ4n) is 0.920. The zero-order chi connectivity index (χ0) is 13.8. The summed E-state index contributed by atoms with van der Waals surface area (Å²) in [5, 5.41) is 8.98. The van der Waals surface area contributed by atoms with E-state index in [0.717, 1.165) is 6.20 Å². The molecule has 1 heterocycles. The molecule has 0 atom stereocenters. The Morgan fingerprint density at radius 1 is 1.33 bits per heavy atom. The second-order valence-corrected chi connectivity index (χ2v) is 4.65. The van der Waals surface area contributed by atoms with Crippen molar-refractivity contribution in [3.8, 4) is 11.6 Å². The van der Waals surface area contributed by atoms with Gasteiger partial charge in [-0.05, 0) is 26.8 Å². The molecule has 0 unspecified atom stereocenters. The van der Waals surface area contributed by atoms with Gasteiger partial charge >= 0.3 is 11.9 Å². The van der Waals surface area contributed by atoms with E-state index in [-0.39, 0.29) is 11.6 Å².